The zero-order chi connectivity index (χ0) is 24.7. The largest absolute Gasteiger partial charge is 0.484 e. The average Bonchev–Trinajstić information content (AvgIpc) is 3.41. The van der Waals surface area contributed by atoms with Gasteiger partial charge in [-0.25, -0.2) is 0 Å². The van der Waals surface area contributed by atoms with Gasteiger partial charge in [-0.1, -0.05) is 42.0 Å². The van der Waals surface area contributed by atoms with Gasteiger partial charge in [-0.3, -0.25) is 19.3 Å². The molecule has 0 saturated carbocycles. The third-order valence-electron chi connectivity index (χ3n) is 5.54. The quantitative estimate of drug-likeness (QED) is 0.399. The number of amides is 2. The summed E-state index contributed by atoms with van der Waals surface area (Å²) < 4.78 is 11.3. The van der Waals surface area contributed by atoms with Gasteiger partial charge in [0.1, 0.15) is 16.3 Å². The molecule has 0 aliphatic carbocycles. The molecule has 1 aliphatic rings. The van der Waals surface area contributed by atoms with Crippen LogP contribution < -0.4 is 20.8 Å². The zero-order valence-corrected chi connectivity index (χ0v) is 20.1. The molecule has 2 aromatic carbocycles. The number of primary amides is 1. The van der Waals surface area contributed by atoms with Crippen LogP contribution in [0.15, 0.2) is 51.7 Å². The van der Waals surface area contributed by atoms with Crippen molar-refractivity contribution in [2.45, 2.75) is 25.8 Å². The van der Waals surface area contributed by atoms with Crippen molar-refractivity contribution < 1.29 is 18.7 Å². The number of anilines is 1. The second kappa shape index (κ2) is 9.12. The molecule has 5 rings (SSSR count). The maximum absolute atomic E-state index is 13.6. The van der Waals surface area contributed by atoms with Crippen LogP contribution in [0.5, 0.6) is 5.75 Å². The molecule has 0 unspecified atom stereocenters. The molecule has 0 fully saturated rings. The molecule has 1 atom stereocenters. The fourth-order valence-electron chi connectivity index (χ4n) is 4.02. The molecule has 0 spiro atoms. The molecule has 11 heteroatoms. The number of nitrogens with two attached hydrogens (primary N) is 1. The van der Waals surface area contributed by atoms with Crippen molar-refractivity contribution in [2.75, 3.05) is 11.5 Å². The minimum Gasteiger partial charge on any atom is -0.484 e. The van der Waals surface area contributed by atoms with E-state index in [-0.39, 0.29) is 34.3 Å². The average molecular weight is 511 g/mol. The molecule has 178 valence electrons. The number of ether oxygens (including phenoxy) is 1. The number of nitrogens with zero attached hydrogens (tertiary/aromatic N) is 3. The van der Waals surface area contributed by atoms with E-state index in [2.05, 4.69) is 10.2 Å². The number of halogens is 1. The normalized spacial score (nSPS) is 15.0. The Balaban J connectivity index is 1.67. The predicted octanol–water partition coefficient (Wildman–Crippen LogP) is 3.86. The molecule has 1 aliphatic heterocycles. The molecule has 0 bridgehead atoms. The lowest BCUT2D eigenvalue weighted by Gasteiger charge is -2.22. The summed E-state index contributed by atoms with van der Waals surface area (Å²) in [5.74, 6) is -0.705. The highest BCUT2D eigenvalue weighted by Gasteiger charge is 2.45. The number of hydrogen-bond acceptors (Lipinski definition) is 8. The van der Waals surface area contributed by atoms with Crippen LogP contribution in [-0.2, 0) is 11.2 Å². The van der Waals surface area contributed by atoms with Gasteiger partial charge >= 0.3 is 0 Å². The Bertz CT molecular complexity index is 1510. The van der Waals surface area contributed by atoms with E-state index in [1.807, 2.05) is 6.92 Å². The monoisotopic (exact) mass is 510 g/mol. The number of fused-ring (bicyclic) bond motifs is 2. The third kappa shape index (κ3) is 4.15. The maximum Gasteiger partial charge on any atom is 0.297 e. The number of hydrogen-bond donors (Lipinski definition) is 1. The van der Waals surface area contributed by atoms with Gasteiger partial charge in [0.05, 0.1) is 17.0 Å². The SMILES string of the molecule is CCCc1nnc(N2C(=O)c3oc4ccc(Cl)cc4c(=O)c3[C@@H]2c2ccc(OCC(N)=O)cc2)s1. The predicted molar refractivity (Wildman–Crippen MR) is 131 cm³/mol. The van der Waals surface area contributed by atoms with Gasteiger partial charge in [0.15, 0.2) is 12.0 Å². The number of aromatic nitrogens is 2. The molecule has 4 aromatic rings. The van der Waals surface area contributed by atoms with Crippen molar-refractivity contribution >= 4 is 50.9 Å². The van der Waals surface area contributed by atoms with Gasteiger partial charge in [0.25, 0.3) is 11.8 Å². The highest BCUT2D eigenvalue weighted by atomic mass is 35.5. The zero-order valence-electron chi connectivity index (χ0n) is 18.5. The third-order valence-corrected chi connectivity index (χ3v) is 6.75. The van der Waals surface area contributed by atoms with E-state index in [1.165, 1.54) is 22.3 Å². The molecule has 0 saturated heterocycles. The van der Waals surface area contributed by atoms with E-state index in [0.717, 1.165) is 17.8 Å². The Hall–Kier alpha value is -3.76. The van der Waals surface area contributed by atoms with Crippen molar-refractivity contribution in [3.05, 3.63) is 79.6 Å². The Labute approximate surface area is 208 Å². The number of aryl methyl sites for hydroxylation is 1. The number of benzene rings is 2. The Morgan fingerprint density at radius 3 is 2.69 bits per heavy atom. The lowest BCUT2D eigenvalue weighted by molar-refractivity contribution is -0.119. The first-order valence-corrected chi connectivity index (χ1v) is 12.0. The van der Waals surface area contributed by atoms with Crippen LogP contribution in [0.2, 0.25) is 5.02 Å². The summed E-state index contributed by atoms with van der Waals surface area (Å²) in [4.78, 5) is 39.7. The first-order chi connectivity index (χ1) is 16.9. The van der Waals surface area contributed by atoms with Gasteiger partial charge in [-0.15, -0.1) is 10.2 Å². The number of rotatable bonds is 7. The molecule has 35 heavy (non-hydrogen) atoms. The van der Waals surface area contributed by atoms with Crippen LogP contribution in [-0.4, -0.2) is 28.6 Å². The summed E-state index contributed by atoms with van der Waals surface area (Å²) in [6, 6.07) is 10.6. The molecular formula is C24H19ClN4O5S. The molecular weight excluding hydrogens is 492 g/mol. The van der Waals surface area contributed by atoms with Crippen molar-refractivity contribution in [3.8, 4) is 5.75 Å². The topological polar surface area (TPSA) is 129 Å². The first-order valence-electron chi connectivity index (χ1n) is 10.8. The lowest BCUT2D eigenvalue weighted by Crippen LogP contribution is -2.29. The second-order valence-electron chi connectivity index (χ2n) is 7.94. The first kappa shape index (κ1) is 23.0. The summed E-state index contributed by atoms with van der Waals surface area (Å²) in [5.41, 5.74) is 5.89. The summed E-state index contributed by atoms with van der Waals surface area (Å²) in [6.45, 7) is 1.76. The van der Waals surface area contributed by atoms with E-state index in [0.29, 0.717) is 21.5 Å². The molecule has 3 heterocycles. The maximum atomic E-state index is 13.6. The van der Waals surface area contributed by atoms with E-state index in [4.69, 9.17) is 26.5 Å². The van der Waals surface area contributed by atoms with Gasteiger partial charge < -0.3 is 14.9 Å². The Morgan fingerprint density at radius 2 is 1.97 bits per heavy atom. The smallest absolute Gasteiger partial charge is 0.297 e. The standard InChI is InChI=1S/C24H19ClN4O5S/c1-2-3-18-27-28-24(35-18)29-20(12-4-7-14(8-5-12)33-11-17(26)30)19-21(31)15-10-13(25)6-9-16(15)34-22(19)23(29)32/h4-10,20H,2-3,11H2,1H3,(H2,26,30)/t20-/m0/s1. The fraction of sp³-hybridized carbons (Fsp3) is 0.208. The highest BCUT2D eigenvalue weighted by Crippen LogP contribution is 2.42. The number of carbonyl (C=O) groups excluding carboxylic acids is 2. The van der Waals surface area contributed by atoms with Crippen molar-refractivity contribution in [1.29, 1.82) is 0 Å². The summed E-state index contributed by atoms with van der Waals surface area (Å²) >= 11 is 7.43. The van der Waals surface area contributed by atoms with E-state index < -0.39 is 17.9 Å². The summed E-state index contributed by atoms with van der Waals surface area (Å²) in [6.07, 6.45) is 1.61. The molecule has 2 aromatic heterocycles. The van der Waals surface area contributed by atoms with Crippen molar-refractivity contribution in [3.63, 3.8) is 0 Å². The van der Waals surface area contributed by atoms with Crippen molar-refractivity contribution in [2.24, 2.45) is 5.73 Å². The van der Waals surface area contributed by atoms with Crippen LogP contribution in [0, 0.1) is 0 Å². The highest BCUT2D eigenvalue weighted by molar-refractivity contribution is 7.15. The van der Waals surface area contributed by atoms with Gasteiger partial charge in [0.2, 0.25) is 10.9 Å². The van der Waals surface area contributed by atoms with Crippen LogP contribution >= 0.6 is 22.9 Å². The van der Waals surface area contributed by atoms with Crippen LogP contribution in [0.3, 0.4) is 0 Å². The minimum atomic E-state index is -0.801. The minimum absolute atomic E-state index is 0.0453. The molecule has 2 N–H and O–H groups in total. The Morgan fingerprint density at radius 1 is 1.20 bits per heavy atom. The van der Waals surface area contributed by atoms with Crippen LogP contribution in [0.25, 0.3) is 11.0 Å². The Kier molecular flexibility index (Phi) is 6.00. The van der Waals surface area contributed by atoms with Crippen LogP contribution in [0.1, 0.15) is 46.1 Å². The summed E-state index contributed by atoms with van der Waals surface area (Å²) in [7, 11) is 0. The second-order valence-corrected chi connectivity index (χ2v) is 9.42. The van der Waals surface area contributed by atoms with Crippen LogP contribution in [0.4, 0.5) is 5.13 Å². The van der Waals surface area contributed by atoms with E-state index in [1.54, 1.807) is 36.4 Å². The fourth-order valence-corrected chi connectivity index (χ4v) is 5.15. The molecule has 0 radical (unpaired) electrons. The number of carbonyl (C=O) groups is 2. The summed E-state index contributed by atoms with van der Waals surface area (Å²) in [5, 5.41) is 10.3. The molecule has 2 amide bonds. The molecule has 9 nitrogen and oxygen atoms in total. The lowest BCUT2D eigenvalue weighted by atomic mass is 9.98. The van der Waals surface area contributed by atoms with E-state index in [9.17, 15) is 14.4 Å². The van der Waals surface area contributed by atoms with Gasteiger partial charge in [-0.05, 0) is 42.3 Å². The van der Waals surface area contributed by atoms with E-state index >= 15 is 0 Å². The van der Waals surface area contributed by atoms with Crippen molar-refractivity contribution in [1.82, 2.24) is 10.2 Å². The van der Waals surface area contributed by atoms with Gasteiger partial charge in [-0.2, -0.15) is 0 Å². The van der Waals surface area contributed by atoms with Gasteiger partial charge in [0, 0.05) is 11.4 Å².